The third-order valence-corrected chi connectivity index (χ3v) is 2.36. The van der Waals surface area contributed by atoms with Gasteiger partial charge in [-0.15, -0.1) is 0 Å². The Morgan fingerprint density at radius 2 is 2.50 bits per heavy atom. The highest BCUT2D eigenvalue weighted by molar-refractivity contribution is 5.02. The van der Waals surface area contributed by atoms with Gasteiger partial charge in [0.25, 0.3) is 0 Å². The summed E-state index contributed by atoms with van der Waals surface area (Å²) >= 11 is 0. The normalized spacial score (nSPS) is 17.1. The zero-order valence-corrected chi connectivity index (χ0v) is 8.88. The first-order chi connectivity index (χ1) is 6.86. The minimum Gasteiger partial charge on any atom is -0.377 e. The number of allylic oxidation sites excluding steroid dienone is 1. The zero-order chi connectivity index (χ0) is 10.2. The van der Waals surface area contributed by atoms with Crippen molar-refractivity contribution in [3.8, 4) is 0 Å². The first kappa shape index (κ1) is 11.3. The van der Waals surface area contributed by atoms with Gasteiger partial charge in [0.05, 0.1) is 12.8 Å². The second kappa shape index (κ2) is 6.68. The molecule has 1 heterocycles. The van der Waals surface area contributed by atoms with Crippen LogP contribution in [0.15, 0.2) is 11.9 Å². The molecule has 1 aliphatic heterocycles. The minimum atomic E-state index is 0.235. The number of nitrogens with two attached hydrogens (primary N) is 1. The van der Waals surface area contributed by atoms with Crippen LogP contribution in [-0.4, -0.2) is 25.9 Å². The lowest BCUT2D eigenvalue weighted by Gasteiger charge is -2.13. The Morgan fingerprint density at radius 3 is 3.07 bits per heavy atom. The van der Waals surface area contributed by atoms with E-state index in [0.717, 1.165) is 32.5 Å². The van der Waals surface area contributed by atoms with E-state index in [0.29, 0.717) is 6.54 Å². The number of rotatable bonds is 7. The Labute approximate surface area is 85.9 Å². The van der Waals surface area contributed by atoms with Gasteiger partial charge in [-0.05, 0) is 19.3 Å². The van der Waals surface area contributed by atoms with Gasteiger partial charge in [-0.25, -0.2) is 0 Å². The van der Waals surface area contributed by atoms with Crippen molar-refractivity contribution in [2.45, 2.75) is 32.3 Å². The Bertz CT molecular complexity index is 178. The maximum Gasteiger partial charge on any atom is 0.0843 e. The van der Waals surface area contributed by atoms with Crippen molar-refractivity contribution in [2.24, 2.45) is 5.73 Å². The van der Waals surface area contributed by atoms with Gasteiger partial charge in [-0.2, -0.15) is 0 Å². The predicted molar refractivity (Wildman–Crippen MR) is 57.5 cm³/mol. The van der Waals surface area contributed by atoms with Gasteiger partial charge >= 0.3 is 0 Å². The van der Waals surface area contributed by atoms with Crippen LogP contribution in [0.4, 0.5) is 0 Å². The van der Waals surface area contributed by atoms with E-state index < -0.39 is 0 Å². The molecule has 1 unspecified atom stereocenters. The van der Waals surface area contributed by atoms with Crippen LogP contribution in [-0.2, 0) is 4.74 Å². The minimum absolute atomic E-state index is 0.235. The summed E-state index contributed by atoms with van der Waals surface area (Å²) in [5, 5.41) is 6.35. The average Bonchev–Trinajstić information content (AvgIpc) is 2.71. The molecular weight excluding hydrogens is 178 g/mol. The van der Waals surface area contributed by atoms with Crippen LogP contribution >= 0.6 is 0 Å². The molecule has 14 heavy (non-hydrogen) atoms. The van der Waals surface area contributed by atoms with Crippen molar-refractivity contribution in [3.05, 3.63) is 11.9 Å². The smallest absolute Gasteiger partial charge is 0.0843 e. The summed E-state index contributed by atoms with van der Waals surface area (Å²) < 4.78 is 5.60. The van der Waals surface area contributed by atoms with E-state index in [1.807, 2.05) is 6.20 Å². The third kappa shape index (κ3) is 3.98. The summed E-state index contributed by atoms with van der Waals surface area (Å²) in [7, 11) is 0. The molecule has 4 heteroatoms. The lowest BCUT2D eigenvalue weighted by molar-refractivity contribution is 0.0551. The second-order valence-corrected chi connectivity index (χ2v) is 3.47. The predicted octanol–water partition coefficient (Wildman–Crippen LogP) is 0.512. The quantitative estimate of drug-likeness (QED) is 0.523. The lowest BCUT2D eigenvalue weighted by atomic mass is 10.2. The highest BCUT2D eigenvalue weighted by Crippen LogP contribution is 2.04. The number of hydrogen-bond acceptors (Lipinski definition) is 4. The molecular formula is C10H21N3O. The van der Waals surface area contributed by atoms with Crippen molar-refractivity contribution >= 4 is 0 Å². The number of nitrogens with one attached hydrogen (secondary N) is 2. The number of hydrogen-bond donors (Lipinski definition) is 3. The summed E-state index contributed by atoms with van der Waals surface area (Å²) in [6, 6.07) is 0. The third-order valence-electron chi connectivity index (χ3n) is 2.36. The van der Waals surface area contributed by atoms with Gasteiger partial charge in [-0.1, -0.05) is 6.92 Å². The van der Waals surface area contributed by atoms with E-state index in [2.05, 4.69) is 17.6 Å². The van der Waals surface area contributed by atoms with Crippen molar-refractivity contribution in [2.75, 3.05) is 19.8 Å². The molecule has 0 aromatic heterocycles. The molecule has 4 nitrogen and oxygen atoms in total. The number of ether oxygens (including phenoxy) is 1. The van der Waals surface area contributed by atoms with Crippen LogP contribution in [0.5, 0.6) is 0 Å². The van der Waals surface area contributed by atoms with Crippen molar-refractivity contribution in [1.29, 1.82) is 0 Å². The summed E-state index contributed by atoms with van der Waals surface area (Å²) in [4.78, 5) is 0. The largest absolute Gasteiger partial charge is 0.377 e. The molecule has 0 saturated carbocycles. The first-order valence-electron chi connectivity index (χ1n) is 5.34. The molecule has 0 radical (unpaired) electrons. The molecule has 0 spiro atoms. The van der Waals surface area contributed by atoms with E-state index in [9.17, 15) is 0 Å². The van der Waals surface area contributed by atoms with E-state index in [1.54, 1.807) is 0 Å². The zero-order valence-electron chi connectivity index (χ0n) is 8.88. The Morgan fingerprint density at radius 1 is 1.64 bits per heavy atom. The summed E-state index contributed by atoms with van der Waals surface area (Å²) in [6.07, 6.45) is 5.36. The summed E-state index contributed by atoms with van der Waals surface area (Å²) in [6.45, 7) is 4.38. The average molecular weight is 199 g/mol. The molecule has 1 atom stereocenters. The molecule has 0 aromatic rings. The molecule has 0 saturated heterocycles. The molecule has 1 aliphatic rings. The van der Waals surface area contributed by atoms with Crippen molar-refractivity contribution in [3.63, 3.8) is 0 Å². The Kier molecular flexibility index (Phi) is 5.40. The van der Waals surface area contributed by atoms with Gasteiger partial charge < -0.3 is 21.1 Å². The van der Waals surface area contributed by atoms with Gasteiger partial charge in [0.1, 0.15) is 0 Å². The van der Waals surface area contributed by atoms with E-state index in [4.69, 9.17) is 10.5 Å². The molecule has 0 fully saturated rings. The second-order valence-electron chi connectivity index (χ2n) is 3.47. The summed E-state index contributed by atoms with van der Waals surface area (Å²) in [5.41, 5.74) is 6.80. The van der Waals surface area contributed by atoms with Crippen LogP contribution in [0.1, 0.15) is 26.2 Å². The van der Waals surface area contributed by atoms with Crippen LogP contribution in [0, 0.1) is 0 Å². The monoisotopic (exact) mass is 199 g/mol. The van der Waals surface area contributed by atoms with Gasteiger partial charge in [0.2, 0.25) is 0 Å². The molecule has 1 rings (SSSR count). The summed E-state index contributed by atoms with van der Waals surface area (Å²) in [5.74, 6) is 0. The topological polar surface area (TPSA) is 59.3 Å². The van der Waals surface area contributed by atoms with Gasteiger partial charge in [0.15, 0.2) is 0 Å². The van der Waals surface area contributed by atoms with E-state index in [-0.39, 0.29) is 6.10 Å². The molecule has 0 amide bonds. The maximum absolute atomic E-state index is 5.60. The molecule has 0 aromatic carbocycles. The SMILES string of the molecule is CCC(CN)OCCCC1=CNCN1. The highest BCUT2D eigenvalue weighted by Gasteiger charge is 2.04. The Hall–Kier alpha value is -0.740. The lowest BCUT2D eigenvalue weighted by Crippen LogP contribution is -2.23. The highest BCUT2D eigenvalue weighted by atomic mass is 16.5. The van der Waals surface area contributed by atoms with E-state index >= 15 is 0 Å². The van der Waals surface area contributed by atoms with Crippen LogP contribution in [0.2, 0.25) is 0 Å². The fourth-order valence-electron chi connectivity index (χ4n) is 1.42. The van der Waals surface area contributed by atoms with Crippen LogP contribution in [0.3, 0.4) is 0 Å². The van der Waals surface area contributed by atoms with Gasteiger partial charge in [0, 0.05) is 25.0 Å². The fraction of sp³-hybridized carbons (Fsp3) is 0.800. The fourth-order valence-corrected chi connectivity index (χ4v) is 1.42. The molecule has 0 bridgehead atoms. The molecule has 82 valence electrons. The molecule has 4 N–H and O–H groups in total. The van der Waals surface area contributed by atoms with Crippen molar-refractivity contribution < 1.29 is 4.74 Å². The standard InChI is InChI=1S/C10H21N3O/c1-2-10(6-11)14-5-3-4-9-7-12-8-13-9/h7,10,12-13H,2-6,8,11H2,1H3. The Balaban J connectivity index is 1.98. The van der Waals surface area contributed by atoms with Crippen LogP contribution < -0.4 is 16.4 Å². The maximum atomic E-state index is 5.60. The van der Waals surface area contributed by atoms with Crippen LogP contribution in [0.25, 0.3) is 0 Å². The first-order valence-corrected chi connectivity index (χ1v) is 5.34. The van der Waals surface area contributed by atoms with Gasteiger partial charge in [-0.3, -0.25) is 0 Å². The molecule has 0 aliphatic carbocycles. The van der Waals surface area contributed by atoms with Crippen molar-refractivity contribution in [1.82, 2.24) is 10.6 Å². The van der Waals surface area contributed by atoms with E-state index in [1.165, 1.54) is 5.70 Å².